The Morgan fingerprint density at radius 1 is 1.12 bits per heavy atom. The number of aromatic nitrogens is 2. The van der Waals surface area contributed by atoms with Gasteiger partial charge in [-0.25, -0.2) is 4.98 Å². The summed E-state index contributed by atoms with van der Waals surface area (Å²) in [5, 5.41) is 2.97. The molecule has 1 N–H and O–H groups in total. The monoisotopic (exact) mass is 351 g/mol. The molecule has 0 saturated heterocycles. The molecule has 3 rings (SSSR count). The van der Waals surface area contributed by atoms with Gasteiger partial charge in [-0.3, -0.25) is 4.79 Å². The Bertz CT molecular complexity index is 812. The van der Waals surface area contributed by atoms with Crippen LogP contribution in [0.3, 0.4) is 0 Å². The molecule has 0 unspecified atom stereocenters. The van der Waals surface area contributed by atoms with Crippen LogP contribution in [0, 0.1) is 6.92 Å². The van der Waals surface area contributed by atoms with E-state index in [-0.39, 0.29) is 5.91 Å². The molecule has 0 bridgehead atoms. The topological polar surface area (TPSA) is 46.9 Å². The lowest BCUT2D eigenvalue weighted by Gasteiger charge is -2.08. The predicted molar refractivity (Wildman–Crippen MR) is 102 cm³/mol. The van der Waals surface area contributed by atoms with Crippen molar-refractivity contribution in [2.45, 2.75) is 18.4 Å². The van der Waals surface area contributed by atoms with Crippen molar-refractivity contribution in [3.05, 3.63) is 83.9 Å². The maximum atomic E-state index is 12.2. The smallest absolute Gasteiger partial charge is 0.251 e. The van der Waals surface area contributed by atoms with Crippen molar-refractivity contribution < 1.29 is 4.79 Å². The lowest BCUT2D eigenvalue weighted by atomic mass is 10.1. The van der Waals surface area contributed by atoms with Gasteiger partial charge in [0.15, 0.2) is 0 Å². The van der Waals surface area contributed by atoms with Crippen LogP contribution in [0.4, 0.5) is 0 Å². The number of benzene rings is 2. The van der Waals surface area contributed by atoms with Crippen LogP contribution < -0.4 is 5.32 Å². The third-order valence-electron chi connectivity index (χ3n) is 3.89. The minimum Gasteiger partial charge on any atom is -0.351 e. The normalized spacial score (nSPS) is 10.6. The van der Waals surface area contributed by atoms with Crippen LogP contribution in [0.25, 0.3) is 0 Å². The predicted octanol–water partition coefficient (Wildman–Crippen LogP) is 3.76. The summed E-state index contributed by atoms with van der Waals surface area (Å²) in [6.45, 7) is 3.39. The van der Waals surface area contributed by atoms with Crippen LogP contribution in [0.1, 0.15) is 21.7 Å². The van der Waals surface area contributed by atoms with E-state index < -0.39 is 0 Å². The van der Waals surface area contributed by atoms with Gasteiger partial charge in [0.05, 0.1) is 0 Å². The summed E-state index contributed by atoms with van der Waals surface area (Å²) in [7, 11) is 0. The Kier molecular flexibility index (Phi) is 5.90. The second-order valence-corrected chi connectivity index (χ2v) is 6.89. The molecule has 0 aliphatic heterocycles. The SMILES string of the molecule is Cc1nccn1Cc1ccc(C(=O)NCCSc2ccccc2)cc1. The number of imidazole rings is 1. The summed E-state index contributed by atoms with van der Waals surface area (Å²) in [4.78, 5) is 17.6. The quantitative estimate of drug-likeness (QED) is 0.521. The highest BCUT2D eigenvalue weighted by Gasteiger charge is 2.05. The largest absolute Gasteiger partial charge is 0.351 e. The van der Waals surface area contributed by atoms with E-state index in [2.05, 4.69) is 27.0 Å². The van der Waals surface area contributed by atoms with E-state index in [1.165, 1.54) is 4.90 Å². The molecule has 4 nitrogen and oxygen atoms in total. The highest BCUT2D eigenvalue weighted by atomic mass is 32.2. The van der Waals surface area contributed by atoms with Crippen molar-refractivity contribution in [2.24, 2.45) is 0 Å². The van der Waals surface area contributed by atoms with Gasteiger partial charge in [-0.15, -0.1) is 11.8 Å². The van der Waals surface area contributed by atoms with Crippen molar-refractivity contribution in [2.75, 3.05) is 12.3 Å². The Balaban J connectivity index is 1.46. The zero-order valence-electron chi connectivity index (χ0n) is 14.2. The van der Waals surface area contributed by atoms with Crippen LogP contribution in [0.15, 0.2) is 71.9 Å². The van der Waals surface area contributed by atoms with Gasteiger partial charge >= 0.3 is 0 Å². The van der Waals surface area contributed by atoms with Gasteiger partial charge in [-0.1, -0.05) is 30.3 Å². The molecule has 1 heterocycles. The Morgan fingerprint density at radius 3 is 2.56 bits per heavy atom. The first-order valence-corrected chi connectivity index (χ1v) is 9.23. The zero-order chi connectivity index (χ0) is 17.5. The first-order valence-electron chi connectivity index (χ1n) is 8.25. The molecule has 0 saturated carbocycles. The number of nitrogens with one attached hydrogen (secondary N) is 1. The van der Waals surface area contributed by atoms with Gasteiger partial charge in [-0.05, 0) is 36.8 Å². The van der Waals surface area contributed by atoms with E-state index in [0.717, 1.165) is 23.7 Å². The van der Waals surface area contributed by atoms with Gasteiger partial charge in [0, 0.05) is 41.7 Å². The lowest BCUT2D eigenvalue weighted by Crippen LogP contribution is -2.25. The van der Waals surface area contributed by atoms with Crippen molar-refractivity contribution in [3.63, 3.8) is 0 Å². The second-order valence-electron chi connectivity index (χ2n) is 5.72. The van der Waals surface area contributed by atoms with Crippen molar-refractivity contribution in [1.29, 1.82) is 0 Å². The maximum Gasteiger partial charge on any atom is 0.251 e. The molecule has 0 spiro atoms. The first kappa shape index (κ1) is 17.3. The fourth-order valence-corrected chi connectivity index (χ4v) is 3.27. The highest BCUT2D eigenvalue weighted by Crippen LogP contribution is 2.15. The molecule has 1 aromatic heterocycles. The van der Waals surface area contributed by atoms with Crippen LogP contribution in [-0.4, -0.2) is 27.8 Å². The summed E-state index contributed by atoms with van der Waals surface area (Å²) in [5.41, 5.74) is 1.84. The molecule has 0 aliphatic carbocycles. The summed E-state index contributed by atoms with van der Waals surface area (Å²) in [5.74, 6) is 1.81. The lowest BCUT2D eigenvalue weighted by molar-refractivity contribution is 0.0956. The minimum atomic E-state index is -0.0287. The van der Waals surface area contributed by atoms with Crippen molar-refractivity contribution >= 4 is 17.7 Å². The van der Waals surface area contributed by atoms with Crippen LogP contribution in [0.5, 0.6) is 0 Å². The van der Waals surface area contributed by atoms with Gasteiger partial charge in [-0.2, -0.15) is 0 Å². The average molecular weight is 351 g/mol. The molecule has 25 heavy (non-hydrogen) atoms. The third kappa shape index (κ3) is 4.97. The van der Waals surface area contributed by atoms with Crippen LogP contribution >= 0.6 is 11.8 Å². The highest BCUT2D eigenvalue weighted by molar-refractivity contribution is 7.99. The number of hydrogen-bond donors (Lipinski definition) is 1. The Morgan fingerprint density at radius 2 is 1.88 bits per heavy atom. The number of rotatable bonds is 7. The van der Waals surface area contributed by atoms with E-state index in [4.69, 9.17) is 0 Å². The summed E-state index contributed by atoms with van der Waals surface area (Å²) in [6, 6.07) is 17.9. The molecular formula is C20H21N3OS. The molecule has 3 aromatic rings. The van der Waals surface area contributed by atoms with Gasteiger partial charge in [0.1, 0.15) is 5.82 Å². The third-order valence-corrected chi connectivity index (χ3v) is 4.91. The molecule has 5 heteroatoms. The van der Waals surface area contributed by atoms with E-state index in [1.807, 2.05) is 55.6 Å². The Hall–Kier alpha value is -2.53. The maximum absolute atomic E-state index is 12.2. The summed E-state index contributed by atoms with van der Waals surface area (Å²) < 4.78 is 2.08. The molecule has 0 fully saturated rings. The number of carbonyl (C=O) groups is 1. The molecule has 0 radical (unpaired) electrons. The number of hydrogen-bond acceptors (Lipinski definition) is 3. The average Bonchev–Trinajstić information content (AvgIpc) is 3.05. The molecule has 0 aliphatic rings. The van der Waals surface area contributed by atoms with Gasteiger partial charge in [0.25, 0.3) is 5.91 Å². The second kappa shape index (κ2) is 8.53. The number of aryl methyl sites for hydroxylation is 1. The Labute approximate surface area is 152 Å². The minimum absolute atomic E-state index is 0.0287. The van der Waals surface area contributed by atoms with Gasteiger partial charge in [0.2, 0.25) is 0 Å². The van der Waals surface area contributed by atoms with E-state index in [9.17, 15) is 4.79 Å². The molecule has 0 atom stereocenters. The van der Waals surface area contributed by atoms with E-state index in [1.54, 1.807) is 18.0 Å². The first-order chi connectivity index (χ1) is 12.2. The summed E-state index contributed by atoms with van der Waals surface area (Å²) in [6.07, 6.45) is 3.75. The molecular weight excluding hydrogens is 330 g/mol. The number of nitrogens with zero attached hydrogens (tertiary/aromatic N) is 2. The fraction of sp³-hybridized carbons (Fsp3) is 0.200. The van der Waals surface area contributed by atoms with Crippen LogP contribution in [0.2, 0.25) is 0 Å². The molecule has 2 aromatic carbocycles. The number of carbonyl (C=O) groups excluding carboxylic acids is 1. The van der Waals surface area contributed by atoms with Gasteiger partial charge < -0.3 is 9.88 Å². The van der Waals surface area contributed by atoms with Crippen LogP contribution in [-0.2, 0) is 6.54 Å². The molecule has 128 valence electrons. The van der Waals surface area contributed by atoms with E-state index >= 15 is 0 Å². The van der Waals surface area contributed by atoms with Crippen molar-refractivity contribution in [3.8, 4) is 0 Å². The van der Waals surface area contributed by atoms with Crippen molar-refractivity contribution in [1.82, 2.24) is 14.9 Å². The van der Waals surface area contributed by atoms with E-state index in [0.29, 0.717) is 12.1 Å². The zero-order valence-corrected chi connectivity index (χ0v) is 15.0. The molecule has 1 amide bonds. The standard InChI is InChI=1S/C20H21N3OS/c1-16-21-11-13-23(16)15-17-7-9-18(10-8-17)20(24)22-12-14-25-19-5-3-2-4-6-19/h2-11,13H,12,14-15H2,1H3,(H,22,24). The summed E-state index contributed by atoms with van der Waals surface area (Å²) >= 11 is 1.74. The number of thioether (sulfide) groups is 1. The fourth-order valence-electron chi connectivity index (χ4n) is 2.48. The number of amides is 1.